The normalized spacial score (nSPS) is 16.5. The van der Waals surface area contributed by atoms with E-state index in [0.29, 0.717) is 11.1 Å². The Bertz CT molecular complexity index is 751. The molecule has 21 heavy (non-hydrogen) atoms. The van der Waals surface area contributed by atoms with Crippen LogP contribution >= 0.6 is 0 Å². The van der Waals surface area contributed by atoms with Crippen molar-refractivity contribution in [2.45, 2.75) is 5.92 Å². The van der Waals surface area contributed by atoms with E-state index in [1.165, 1.54) is 24.4 Å². The first-order chi connectivity index (χ1) is 10.1. The monoisotopic (exact) mass is 285 g/mol. The number of rotatable bonds is 1. The summed E-state index contributed by atoms with van der Waals surface area (Å²) in [6.45, 7) is 0. The molecule has 106 valence electrons. The number of phenolic OH excluding ortho intramolecular Hbond substituents is 3. The Morgan fingerprint density at radius 3 is 2.48 bits per heavy atom. The van der Waals surface area contributed by atoms with Crippen LogP contribution in [-0.4, -0.2) is 21.5 Å². The molecule has 4 nitrogen and oxygen atoms in total. The zero-order valence-corrected chi connectivity index (χ0v) is 10.9. The largest absolute Gasteiger partial charge is 0.508 e. The molecule has 0 radical (unpaired) electrons. The first-order valence-corrected chi connectivity index (χ1v) is 6.31. The average molecular weight is 285 g/mol. The number of fused-ring (bicyclic) bond motifs is 1. The summed E-state index contributed by atoms with van der Waals surface area (Å²) < 4.78 is 14.4. The standard InChI is InChI=1S/C16H12FNO3/c17-15-14-10(7-13(20)16(15)21)5-6-18-8-12(14)9-1-3-11(19)4-2-9/h1-8,12,19-21H/t12-/m1/s1. The van der Waals surface area contributed by atoms with Crippen LogP contribution in [-0.2, 0) is 0 Å². The quantitative estimate of drug-likeness (QED) is 0.705. The summed E-state index contributed by atoms with van der Waals surface area (Å²) in [6, 6.07) is 7.61. The number of hydrogen-bond donors (Lipinski definition) is 3. The maximum Gasteiger partial charge on any atom is 0.194 e. The van der Waals surface area contributed by atoms with Crippen molar-refractivity contribution in [1.29, 1.82) is 0 Å². The highest BCUT2D eigenvalue weighted by atomic mass is 19.1. The van der Waals surface area contributed by atoms with E-state index in [-0.39, 0.29) is 11.3 Å². The van der Waals surface area contributed by atoms with Gasteiger partial charge in [-0.15, -0.1) is 0 Å². The van der Waals surface area contributed by atoms with Gasteiger partial charge in [-0.05, 0) is 35.4 Å². The van der Waals surface area contributed by atoms with Crippen molar-refractivity contribution in [3.8, 4) is 17.2 Å². The van der Waals surface area contributed by atoms with Gasteiger partial charge in [-0.25, -0.2) is 4.39 Å². The Hall–Kier alpha value is -2.82. The predicted octanol–water partition coefficient (Wildman–Crippen LogP) is 3.13. The molecule has 0 saturated heterocycles. The molecule has 2 aromatic rings. The highest BCUT2D eigenvalue weighted by Crippen LogP contribution is 2.39. The SMILES string of the molecule is Oc1ccc([C@H]2C=NC=Cc3cc(O)c(O)c(F)c32)cc1. The molecule has 0 unspecified atom stereocenters. The lowest BCUT2D eigenvalue weighted by Crippen LogP contribution is -2.07. The Balaban J connectivity index is 2.22. The summed E-state index contributed by atoms with van der Waals surface area (Å²) in [5, 5.41) is 28.5. The molecule has 1 aliphatic rings. The molecule has 1 heterocycles. The molecular weight excluding hydrogens is 273 g/mol. The van der Waals surface area contributed by atoms with E-state index < -0.39 is 23.2 Å². The van der Waals surface area contributed by atoms with Crippen LogP contribution in [0.5, 0.6) is 17.2 Å². The summed E-state index contributed by atoms with van der Waals surface area (Å²) in [5.74, 6) is -2.58. The lowest BCUT2D eigenvalue weighted by molar-refractivity contribution is 0.376. The van der Waals surface area contributed by atoms with E-state index in [1.54, 1.807) is 24.4 Å². The maximum absolute atomic E-state index is 14.4. The Labute approximate surface area is 120 Å². The van der Waals surface area contributed by atoms with Crippen molar-refractivity contribution in [1.82, 2.24) is 0 Å². The second-order valence-electron chi connectivity index (χ2n) is 4.74. The smallest absolute Gasteiger partial charge is 0.194 e. The zero-order valence-electron chi connectivity index (χ0n) is 10.9. The number of phenols is 3. The van der Waals surface area contributed by atoms with Crippen molar-refractivity contribution in [2.75, 3.05) is 0 Å². The van der Waals surface area contributed by atoms with Crippen molar-refractivity contribution < 1.29 is 19.7 Å². The molecule has 0 spiro atoms. The van der Waals surface area contributed by atoms with Gasteiger partial charge >= 0.3 is 0 Å². The first kappa shape index (κ1) is 13.2. The molecule has 2 aromatic carbocycles. The van der Waals surface area contributed by atoms with Crippen LogP contribution in [0, 0.1) is 5.82 Å². The van der Waals surface area contributed by atoms with Crippen molar-refractivity contribution >= 4 is 12.3 Å². The number of halogens is 1. The van der Waals surface area contributed by atoms with E-state index >= 15 is 0 Å². The Morgan fingerprint density at radius 2 is 1.76 bits per heavy atom. The van der Waals surface area contributed by atoms with Crippen molar-refractivity contribution in [2.24, 2.45) is 4.99 Å². The summed E-state index contributed by atoms with van der Waals surface area (Å²) in [6.07, 6.45) is 4.61. The predicted molar refractivity (Wildman–Crippen MR) is 77.2 cm³/mol. The first-order valence-electron chi connectivity index (χ1n) is 6.31. The second-order valence-corrected chi connectivity index (χ2v) is 4.74. The Morgan fingerprint density at radius 1 is 1.05 bits per heavy atom. The molecule has 0 amide bonds. The van der Waals surface area contributed by atoms with Gasteiger partial charge in [-0.3, -0.25) is 4.99 Å². The summed E-state index contributed by atoms with van der Waals surface area (Å²) >= 11 is 0. The van der Waals surface area contributed by atoms with E-state index in [0.717, 1.165) is 0 Å². The van der Waals surface area contributed by atoms with Gasteiger partial charge in [0.2, 0.25) is 0 Å². The van der Waals surface area contributed by atoms with Crippen LogP contribution in [0.25, 0.3) is 6.08 Å². The van der Waals surface area contributed by atoms with Crippen LogP contribution < -0.4 is 0 Å². The molecule has 3 N–H and O–H groups in total. The van der Waals surface area contributed by atoms with Gasteiger partial charge in [0.05, 0.1) is 0 Å². The number of aromatic hydroxyl groups is 3. The minimum absolute atomic E-state index is 0.108. The minimum Gasteiger partial charge on any atom is -0.508 e. The van der Waals surface area contributed by atoms with Gasteiger partial charge in [0, 0.05) is 23.9 Å². The van der Waals surface area contributed by atoms with E-state index in [9.17, 15) is 19.7 Å². The lowest BCUT2D eigenvalue weighted by Gasteiger charge is -2.17. The van der Waals surface area contributed by atoms with Crippen LogP contribution in [0.15, 0.2) is 41.5 Å². The minimum atomic E-state index is -0.874. The zero-order chi connectivity index (χ0) is 15.0. The second kappa shape index (κ2) is 4.94. The van der Waals surface area contributed by atoms with Gasteiger partial charge < -0.3 is 15.3 Å². The van der Waals surface area contributed by atoms with Gasteiger partial charge in [-0.1, -0.05) is 12.1 Å². The van der Waals surface area contributed by atoms with Crippen molar-refractivity contribution in [3.63, 3.8) is 0 Å². The van der Waals surface area contributed by atoms with E-state index in [4.69, 9.17) is 0 Å². The fourth-order valence-electron chi connectivity index (χ4n) is 2.38. The molecule has 5 heteroatoms. The molecule has 0 saturated carbocycles. The molecule has 0 aromatic heterocycles. The summed E-state index contributed by atoms with van der Waals surface area (Å²) in [7, 11) is 0. The lowest BCUT2D eigenvalue weighted by atomic mass is 9.88. The fraction of sp³-hybridized carbons (Fsp3) is 0.0625. The topological polar surface area (TPSA) is 73.1 Å². The fourth-order valence-corrected chi connectivity index (χ4v) is 2.38. The number of aliphatic imine (C=N–C) groups is 1. The van der Waals surface area contributed by atoms with Crippen LogP contribution in [0.1, 0.15) is 22.6 Å². The maximum atomic E-state index is 14.4. The number of hydrogen-bond acceptors (Lipinski definition) is 4. The molecule has 1 atom stereocenters. The van der Waals surface area contributed by atoms with Crippen LogP contribution in [0.4, 0.5) is 4.39 Å². The molecule has 0 bridgehead atoms. The highest BCUT2D eigenvalue weighted by molar-refractivity contribution is 5.80. The average Bonchev–Trinajstić information content (AvgIpc) is 2.68. The molecular formula is C16H12FNO3. The van der Waals surface area contributed by atoms with Crippen LogP contribution in [0.2, 0.25) is 0 Å². The number of nitrogens with zero attached hydrogens (tertiary/aromatic N) is 1. The van der Waals surface area contributed by atoms with Gasteiger partial charge in [-0.2, -0.15) is 0 Å². The molecule has 1 aliphatic heterocycles. The third kappa shape index (κ3) is 2.23. The van der Waals surface area contributed by atoms with E-state index in [2.05, 4.69) is 4.99 Å². The van der Waals surface area contributed by atoms with Gasteiger partial charge in [0.25, 0.3) is 0 Å². The third-order valence-corrected chi connectivity index (χ3v) is 3.43. The Kier molecular flexibility index (Phi) is 3.10. The molecule has 0 fully saturated rings. The van der Waals surface area contributed by atoms with Crippen LogP contribution in [0.3, 0.4) is 0 Å². The summed E-state index contributed by atoms with van der Waals surface area (Å²) in [5.41, 5.74) is 1.39. The molecule has 3 rings (SSSR count). The molecule has 0 aliphatic carbocycles. The van der Waals surface area contributed by atoms with E-state index in [1.807, 2.05) is 0 Å². The van der Waals surface area contributed by atoms with Gasteiger partial charge in [0.15, 0.2) is 17.3 Å². The third-order valence-electron chi connectivity index (χ3n) is 3.43. The highest BCUT2D eigenvalue weighted by Gasteiger charge is 2.25. The number of benzene rings is 2. The van der Waals surface area contributed by atoms with Crippen molar-refractivity contribution in [3.05, 3.63) is 59.0 Å². The summed E-state index contributed by atoms with van der Waals surface area (Å²) in [4.78, 5) is 4.07. The van der Waals surface area contributed by atoms with Gasteiger partial charge in [0.1, 0.15) is 5.75 Å².